The van der Waals surface area contributed by atoms with Crippen LogP contribution in [-0.2, 0) is 13.1 Å². The molecule has 158 valence electrons. The van der Waals surface area contributed by atoms with E-state index in [1.54, 1.807) is 10.9 Å². The molecule has 5 aromatic rings. The molecule has 0 radical (unpaired) electrons. The summed E-state index contributed by atoms with van der Waals surface area (Å²) in [5.74, 6) is 0. The van der Waals surface area contributed by atoms with Crippen LogP contribution in [0.3, 0.4) is 0 Å². The Morgan fingerprint density at radius 3 is 2.25 bits per heavy atom. The third kappa shape index (κ3) is 3.39. The lowest BCUT2D eigenvalue weighted by atomic mass is 9.99. The topological polar surface area (TPSA) is 105 Å². The molecule has 0 amide bonds. The van der Waals surface area contributed by atoms with E-state index < -0.39 is 0 Å². The summed E-state index contributed by atoms with van der Waals surface area (Å²) in [6.07, 6.45) is 3.13. The molecule has 0 saturated heterocycles. The Bertz CT molecular complexity index is 1470. The van der Waals surface area contributed by atoms with E-state index in [4.69, 9.17) is 11.5 Å². The summed E-state index contributed by atoms with van der Waals surface area (Å²) in [6.45, 7) is 0.885. The minimum absolute atomic E-state index is 0.194. The van der Waals surface area contributed by atoms with E-state index in [2.05, 4.69) is 9.97 Å². The monoisotopic (exact) mass is 422 g/mol. The summed E-state index contributed by atoms with van der Waals surface area (Å²) in [5.41, 5.74) is 18.0. The summed E-state index contributed by atoms with van der Waals surface area (Å²) >= 11 is 0. The van der Waals surface area contributed by atoms with Crippen molar-refractivity contribution < 1.29 is 0 Å². The summed E-state index contributed by atoms with van der Waals surface area (Å²) in [6, 6.07) is 23.6. The van der Waals surface area contributed by atoms with Gasteiger partial charge in [0.2, 0.25) is 0 Å². The fraction of sp³-hybridized carbons (Fsp3) is 0.0800. The highest BCUT2D eigenvalue weighted by Crippen LogP contribution is 2.24. The Morgan fingerprint density at radius 1 is 0.750 bits per heavy atom. The summed E-state index contributed by atoms with van der Waals surface area (Å²) in [5, 5.41) is 0. The molecule has 0 spiro atoms. The molecule has 4 N–H and O–H groups in total. The Labute approximate surface area is 184 Å². The lowest BCUT2D eigenvalue weighted by Gasteiger charge is -2.11. The van der Waals surface area contributed by atoms with Gasteiger partial charge in [0.05, 0.1) is 5.69 Å². The third-order valence-electron chi connectivity index (χ3n) is 5.58. The molecule has 0 aliphatic carbocycles. The lowest BCUT2D eigenvalue weighted by Crippen LogP contribution is -2.20. The normalized spacial score (nSPS) is 11.2. The fourth-order valence-corrected chi connectivity index (χ4v) is 3.91. The average Bonchev–Trinajstić information content (AvgIpc) is 3.30. The molecule has 7 nitrogen and oxygen atoms in total. The van der Waals surface area contributed by atoms with Crippen LogP contribution in [0.4, 0.5) is 0 Å². The van der Waals surface area contributed by atoms with Crippen molar-refractivity contribution in [2.75, 3.05) is 0 Å². The molecule has 0 bridgehead atoms. The number of nitrogens with zero attached hydrogens (tertiary/aromatic N) is 4. The zero-order chi connectivity index (χ0) is 22.1. The maximum atomic E-state index is 13.4. The highest BCUT2D eigenvalue weighted by atomic mass is 16.1. The molecule has 0 fully saturated rings. The molecule has 0 aliphatic heterocycles. The van der Waals surface area contributed by atoms with Gasteiger partial charge in [-0.2, -0.15) is 0 Å². The van der Waals surface area contributed by atoms with Crippen molar-refractivity contribution in [2.24, 2.45) is 11.5 Å². The van der Waals surface area contributed by atoms with Crippen molar-refractivity contribution >= 4 is 11.2 Å². The summed E-state index contributed by atoms with van der Waals surface area (Å²) < 4.78 is 3.29. The van der Waals surface area contributed by atoms with Crippen LogP contribution in [0.25, 0.3) is 33.7 Å². The van der Waals surface area contributed by atoms with Crippen molar-refractivity contribution in [3.63, 3.8) is 0 Å². The van der Waals surface area contributed by atoms with Gasteiger partial charge >= 0.3 is 0 Å². The number of imidazole rings is 1. The zero-order valence-electron chi connectivity index (χ0n) is 17.3. The third-order valence-corrected chi connectivity index (χ3v) is 5.58. The first-order valence-electron chi connectivity index (χ1n) is 10.3. The number of hydrogen-bond donors (Lipinski definition) is 2. The molecule has 0 unspecified atom stereocenters. The molecule has 7 heteroatoms. The maximum Gasteiger partial charge on any atom is 0.284 e. The van der Waals surface area contributed by atoms with E-state index in [1.165, 1.54) is 10.9 Å². The van der Waals surface area contributed by atoms with Gasteiger partial charge in [-0.3, -0.25) is 13.9 Å². The van der Waals surface area contributed by atoms with Crippen LogP contribution in [0.2, 0.25) is 0 Å². The minimum atomic E-state index is -0.194. The first-order valence-corrected chi connectivity index (χ1v) is 10.3. The number of rotatable bonds is 5. The van der Waals surface area contributed by atoms with Gasteiger partial charge in [-0.25, -0.2) is 9.97 Å². The van der Waals surface area contributed by atoms with Crippen LogP contribution < -0.4 is 17.0 Å². The van der Waals surface area contributed by atoms with Crippen molar-refractivity contribution in [1.82, 2.24) is 19.1 Å². The van der Waals surface area contributed by atoms with Crippen molar-refractivity contribution in [2.45, 2.75) is 13.1 Å². The van der Waals surface area contributed by atoms with Gasteiger partial charge in [0.25, 0.3) is 5.56 Å². The number of nitrogens with two attached hydrogens (primary N) is 2. The van der Waals surface area contributed by atoms with Crippen molar-refractivity contribution in [3.8, 4) is 22.5 Å². The Kier molecular flexibility index (Phi) is 5.10. The fourth-order valence-electron chi connectivity index (χ4n) is 3.91. The van der Waals surface area contributed by atoms with Crippen LogP contribution in [0, 0.1) is 0 Å². The lowest BCUT2D eigenvalue weighted by molar-refractivity contribution is 0.946. The van der Waals surface area contributed by atoms with Gasteiger partial charge in [0.15, 0.2) is 11.2 Å². The Morgan fingerprint density at radius 2 is 1.50 bits per heavy atom. The van der Waals surface area contributed by atoms with E-state index in [0.717, 1.165) is 33.6 Å². The van der Waals surface area contributed by atoms with Gasteiger partial charge in [-0.05, 0) is 46.5 Å². The Balaban J connectivity index is 1.59. The molecule has 2 heterocycles. The first-order chi connectivity index (χ1) is 15.7. The predicted molar refractivity (Wildman–Crippen MR) is 126 cm³/mol. The molecule has 3 aromatic carbocycles. The molecule has 32 heavy (non-hydrogen) atoms. The number of hydrogen-bond acceptors (Lipinski definition) is 5. The quantitative estimate of drug-likeness (QED) is 0.453. The van der Waals surface area contributed by atoms with Crippen LogP contribution >= 0.6 is 0 Å². The largest absolute Gasteiger partial charge is 0.326 e. The second kappa shape index (κ2) is 8.22. The molecular weight excluding hydrogens is 400 g/mol. The van der Waals surface area contributed by atoms with Crippen LogP contribution in [0.15, 0.2) is 90.2 Å². The highest BCUT2D eigenvalue weighted by Gasteiger charge is 2.14. The molecule has 0 saturated carbocycles. The molecule has 0 aliphatic rings. The molecular formula is C25H22N6O. The second-order valence-corrected chi connectivity index (χ2v) is 7.49. The van der Waals surface area contributed by atoms with E-state index in [1.807, 2.05) is 72.8 Å². The molecule has 5 rings (SSSR count). The van der Waals surface area contributed by atoms with Gasteiger partial charge < -0.3 is 11.5 Å². The summed E-state index contributed by atoms with van der Waals surface area (Å²) in [7, 11) is 0. The van der Waals surface area contributed by atoms with Crippen LogP contribution in [0.1, 0.15) is 11.1 Å². The SMILES string of the molecule is NCc1cccc(-n2cnc3ncn(-c4ccc(-c5ccccc5CN)cc4)c(=O)c32)c1. The van der Waals surface area contributed by atoms with E-state index in [-0.39, 0.29) is 5.56 Å². The van der Waals surface area contributed by atoms with E-state index >= 15 is 0 Å². The maximum absolute atomic E-state index is 13.4. The van der Waals surface area contributed by atoms with Crippen molar-refractivity contribution in [1.29, 1.82) is 0 Å². The van der Waals surface area contributed by atoms with Crippen LogP contribution in [0.5, 0.6) is 0 Å². The number of aromatic nitrogens is 4. The summed E-state index contributed by atoms with van der Waals surface area (Å²) in [4.78, 5) is 22.1. The van der Waals surface area contributed by atoms with E-state index in [0.29, 0.717) is 24.3 Å². The van der Waals surface area contributed by atoms with Gasteiger partial charge in [-0.1, -0.05) is 48.5 Å². The molecule has 0 atom stereocenters. The average molecular weight is 422 g/mol. The number of fused-ring (bicyclic) bond motifs is 1. The standard InChI is InChI=1S/C25H22N6O/c26-13-17-4-3-6-21(12-17)30-15-28-24-23(30)25(32)31(16-29-24)20-10-8-18(9-11-20)22-7-2-1-5-19(22)14-27/h1-12,15-16H,13-14,26-27H2. The number of benzene rings is 3. The highest BCUT2D eigenvalue weighted by molar-refractivity contribution is 5.73. The van der Waals surface area contributed by atoms with Crippen molar-refractivity contribution in [3.05, 3.63) is 107 Å². The molecule has 2 aromatic heterocycles. The second-order valence-electron chi connectivity index (χ2n) is 7.49. The zero-order valence-corrected chi connectivity index (χ0v) is 17.3. The van der Waals surface area contributed by atoms with Crippen LogP contribution in [-0.4, -0.2) is 19.1 Å². The van der Waals surface area contributed by atoms with Gasteiger partial charge in [0.1, 0.15) is 12.7 Å². The van der Waals surface area contributed by atoms with E-state index in [9.17, 15) is 4.79 Å². The smallest absolute Gasteiger partial charge is 0.284 e. The minimum Gasteiger partial charge on any atom is -0.326 e. The first kappa shape index (κ1) is 19.9. The van der Waals surface area contributed by atoms with Gasteiger partial charge in [-0.15, -0.1) is 0 Å². The Hall–Kier alpha value is -4.07. The predicted octanol–water partition coefficient (Wildman–Crippen LogP) is 3.16. The van der Waals surface area contributed by atoms with Gasteiger partial charge in [0, 0.05) is 18.8 Å².